The fourth-order valence-corrected chi connectivity index (χ4v) is 0.964. The van der Waals surface area contributed by atoms with Crippen molar-refractivity contribution in [2.45, 2.75) is 0 Å². The van der Waals surface area contributed by atoms with E-state index in [1.165, 1.54) is 14.1 Å². The zero-order valence-electron chi connectivity index (χ0n) is 9.02. The summed E-state index contributed by atoms with van der Waals surface area (Å²) < 4.78 is 51.5. The lowest BCUT2D eigenvalue weighted by atomic mass is 10.3. The summed E-state index contributed by atoms with van der Waals surface area (Å²) in [5, 5.41) is 1.98. The zero-order valence-corrected chi connectivity index (χ0v) is 9.02. The van der Waals surface area contributed by atoms with E-state index in [1.807, 2.05) is 5.32 Å². The predicted octanol–water partition coefficient (Wildman–Crippen LogP) is 1.14. The van der Waals surface area contributed by atoms with Crippen molar-refractivity contribution in [3.8, 4) is 0 Å². The summed E-state index contributed by atoms with van der Waals surface area (Å²) in [6.07, 6.45) is 0. The first-order valence-corrected chi connectivity index (χ1v) is 4.48. The lowest BCUT2D eigenvalue weighted by Crippen LogP contribution is -2.29. The van der Waals surface area contributed by atoms with Gasteiger partial charge in [0.1, 0.15) is 5.69 Å². The molecular formula is C9H9F4N3O. The molecule has 0 atom stereocenters. The molecule has 0 radical (unpaired) electrons. The molecule has 1 rings (SSSR count). The molecule has 0 fully saturated rings. The van der Waals surface area contributed by atoms with Gasteiger partial charge in [-0.05, 0) is 0 Å². The number of amides is 1. The van der Waals surface area contributed by atoms with E-state index in [-0.39, 0.29) is 0 Å². The third kappa shape index (κ3) is 2.83. The summed E-state index contributed by atoms with van der Waals surface area (Å²) in [6.45, 7) is -0.496. The number of carbonyl (C=O) groups excluding carboxylic acids is 1. The highest BCUT2D eigenvalue weighted by Crippen LogP contribution is 2.21. The number of hydrogen-bond acceptors (Lipinski definition) is 3. The van der Waals surface area contributed by atoms with Gasteiger partial charge in [-0.1, -0.05) is 0 Å². The Hall–Kier alpha value is -1.86. The van der Waals surface area contributed by atoms with E-state index in [4.69, 9.17) is 0 Å². The van der Waals surface area contributed by atoms with Gasteiger partial charge in [-0.15, -0.1) is 0 Å². The number of carbonyl (C=O) groups is 1. The first-order valence-electron chi connectivity index (χ1n) is 4.48. The highest BCUT2D eigenvalue weighted by atomic mass is 19.2. The molecule has 8 heteroatoms. The largest absolute Gasteiger partial charge is 0.371 e. The molecule has 0 unspecified atom stereocenters. The van der Waals surface area contributed by atoms with Crippen molar-refractivity contribution in [1.29, 1.82) is 0 Å². The highest BCUT2D eigenvalue weighted by Gasteiger charge is 2.21. The fourth-order valence-electron chi connectivity index (χ4n) is 0.964. The second-order valence-corrected chi connectivity index (χ2v) is 3.34. The van der Waals surface area contributed by atoms with Crippen molar-refractivity contribution in [1.82, 2.24) is 9.88 Å². The molecule has 17 heavy (non-hydrogen) atoms. The number of nitrogens with one attached hydrogen (secondary N) is 1. The number of pyridine rings is 1. The molecule has 1 N–H and O–H groups in total. The van der Waals surface area contributed by atoms with E-state index < -0.39 is 41.7 Å². The van der Waals surface area contributed by atoms with E-state index >= 15 is 0 Å². The number of rotatable bonds is 3. The molecule has 0 aliphatic heterocycles. The van der Waals surface area contributed by atoms with Crippen LogP contribution in [0.5, 0.6) is 0 Å². The van der Waals surface area contributed by atoms with E-state index in [9.17, 15) is 22.4 Å². The van der Waals surface area contributed by atoms with Crippen LogP contribution in [0.3, 0.4) is 0 Å². The normalized spacial score (nSPS) is 10.2. The third-order valence-corrected chi connectivity index (χ3v) is 1.91. The Labute approximate surface area is 94.2 Å². The molecule has 94 valence electrons. The van der Waals surface area contributed by atoms with E-state index in [2.05, 4.69) is 4.98 Å². The van der Waals surface area contributed by atoms with Gasteiger partial charge in [-0.3, -0.25) is 4.79 Å². The van der Waals surface area contributed by atoms with Gasteiger partial charge in [-0.25, -0.2) is 0 Å². The molecule has 1 heterocycles. The molecule has 4 nitrogen and oxygen atoms in total. The Kier molecular flexibility index (Phi) is 3.87. The summed E-state index contributed by atoms with van der Waals surface area (Å²) in [7, 11) is 2.84. The Bertz CT molecular complexity index is 424. The van der Waals surface area contributed by atoms with E-state index in [0.717, 1.165) is 4.90 Å². The molecule has 1 amide bonds. The van der Waals surface area contributed by atoms with Crippen LogP contribution in [0.1, 0.15) is 0 Å². The summed E-state index contributed by atoms with van der Waals surface area (Å²) in [5.74, 6) is -7.40. The minimum absolute atomic E-state index is 0.496. The van der Waals surface area contributed by atoms with Crippen LogP contribution in [0.2, 0.25) is 0 Å². The second kappa shape index (κ2) is 4.98. The molecule has 0 aliphatic rings. The lowest BCUT2D eigenvalue weighted by Gasteiger charge is -2.12. The van der Waals surface area contributed by atoms with Crippen LogP contribution >= 0.6 is 0 Å². The molecular weight excluding hydrogens is 242 g/mol. The number of hydrogen-bond donors (Lipinski definition) is 1. The topological polar surface area (TPSA) is 45.2 Å². The van der Waals surface area contributed by atoms with Gasteiger partial charge >= 0.3 is 0 Å². The Balaban J connectivity index is 2.95. The van der Waals surface area contributed by atoms with Gasteiger partial charge in [0.15, 0.2) is 0 Å². The first kappa shape index (κ1) is 13.2. The fraction of sp³-hybridized carbons (Fsp3) is 0.333. The summed E-state index contributed by atoms with van der Waals surface area (Å²) in [6, 6.07) is 0. The maximum absolute atomic E-state index is 13.1. The minimum atomic E-state index is -1.77. The van der Waals surface area contributed by atoms with Gasteiger partial charge < -0.3 is 10.2 Å². The van der Waals surface area contributed by atoms with Crippen LogP contribution in [-0.2, 0) is 4.79 Å². The SMILES string of the molecule is CN(C)C(=O)CNc1c(F)c(F)nc(F)c1F. The Morgan fingerprint density at radius 1 is 1.18 bits per heavy atom. The van der Waals surface area contributed by atoms with Gasteiger partial charge in [-0.2, -0.15) is 22.5 Å². The van der Waals surface area contributed by atoms with Crippen LogP contribution in [0.4, 0.5) is 23.2 Å². The molecule has 1 aromatic heterocycles. The van der Waals surface area contributed by atoms with Gasteiger partial charge in [0.05, 0.1) is 6.54 Å². The Morgan fingerprint density at radius 3 is 2.06 bits per heavy atom. The molecule has 0 saturated heterocycles. The summed E-state index contributed by atoms with van der Waals surface area (Å²) in [4.78, 5) is 14.7. The molecule has 0 bridgehead atoms. The summed E-state index contributed by atoms with van der Waals surface area (Å²) in [5.41, 5.74) is -1.05. The molecule has 0 spiro atoms. The number of halogens is 4. The van der Waals surface area contributed by atoms with Gasteiger partial charge in [0, 0.05) is 14.1 Å². The standard InChI is InChI=1S/C9H9F4N3O/c1-16(2)4(17)3-14-7-5(10)8(12)15-9(13)6(7)11/h3H2,1-2H3,(H,14,15). The van der Waals surface area contributed by atoms with Crippen LogP contribution < -0.4 is 5.32 Å². The van der Waals surface area contributed by atoms with E-state index in [0.29, 0.717) is 0 Å². The van der Waals surface area contributed by atoms with Crippen molar-refractivity contribution < 1.29 is 22.4 Å². The maximum Gasteiger partial charge on any atom is 0.253 e. The first-order chi connectivity index (χ1) is 7.84. The number of likely N-dealkylation sites (N-methyl/N-ethyl adjacent to an activating group) is 1. The van der Waals surface area contributed by atoms with Crippen LogP contribution in [0.25, 0.3) is 0 Å². The van der Waals surface area contributed by atoms with Gasteiger partial charge in [0.2, 0.25) is 17.5 Å². The number of nitrogens with zero attached hydrogens (tertiary/aromatic N) is 2. The van der Waals surface area contributed by atoms with Crippen molar-refractivity contribution >= 4 is 11.6 Å². The number of aromatic nitrogens is 1. The van der Waals surface area contributed by atoms with Crippen molar-refractivity contribution in [3.63, 3.8) is 0 Å². The highest BCUT2D eigenvalue weighted by molar-refractivity contribution is 5.80. The van der Waals surface area contributed by atoms with Crippen LogP contribution in [0, 0.1) is 23.5 Å². The maximum atomic E-state index is 13.1. The quantitative estimate of drug-likeness (QED) is 0.647. The smallest absolute Gasteiger partial charge is 0.253 e. The monoisotopic (exact) mass is 251 g/mol. The average Bonchev–Trinajstić information content (AvgIpc) is 2.26. The lowest BCUT2D eigenvalue weighted by molar-refractivity contribution is -0.126. The van der Waals surface area contributed by atoms with Gasteiger partial charge in [0.25, 0.3) is 11.9 Å². The van der Waals surface area contributed by atoms with Crippen LogP contribution in [0.15, 0.2) is 0 Å². The Morgan fingerprint density at radius 2 is 1.65 bits per heavy atom. The molecule has 1 aromatic rings. The van der Waals surface area contributed by atoms with Crippen molar-refractivity contribution in [3.05, 3.63) is 23.5 Å². The van der Waals surface area contributed by atoms with Crippen LogP contribution in [-0.4, -0.2) is 36.4 Å². The average molecular weight is 251 g/mol. The van der Waals surface area contributed by atoms with E-state index in [1.54, 1.807) is 0 Å². The molecule has 0 aromatic carbocycles. The number of anilines is 1. The molecule has 0 aliphatic carbocycles. The summed E-state index contributed by atoms with van der Waals surface area (Å²) >= 11 is 0. The van der Waals surface area contributed by atoms with Crippen molar-refractivity contribution in [2.75, 3.05) is 26.0 Å². The minimum Gasteiger partial charge on any atom is -0.371 e. The predicted molar refractivity (Wildman–Crippen MR) is 51.3 cm³/mol. The van der Waals surface area contributed by atoms with Crippen molar-refractivity contribution in [2.24, 2.45) is 0 Å². The molecule has 0 saturated carbocycles. The second-order valence-electron chi connectivity index (χ2n) is 3.34. The zero-order chi connectivity index (χ0) is 13.2. The third-order valence-electron chi connectivity index (χ3n) is 1.91.